The van der Waals surface area contributed by atoms with Crippen molar-refractivity contribution in [1.29, 1.82) is 0 Å². The van der Waals surface area contributed by atoms with Crippen molar-refractivity contribution in [2.75, 3.05) is 12.8 Å². The fraction of sp³-hybridized carbons (Fsp3) is 0.647. The van der Waals surface area contributed by atoms with Gasteiger partial charge in [-0.1, -0.05) is 37.5 Å². The minimum absolute atomic E-state index is 0.496. The van der Waals surface area contributed by atoms with E-state index in [1.54, 1.807) is 0 Å². The molecule has 2 rings (SSSR count). The summed E-state index contributed by atoms with van der Waals surface area (Å²) in [7, 11) is 0. The molecule has 1 aromatic carbocycles. The van der Waals surface area contributed by atoms with Crippen molar-refractivity contribution in [3.63, 3.8) is 0 Å². The molecule has 0 unspecified atom stereocenters. The SMILES string of the molecule is CSC1(CNCc2cccc(C)c2C)CCCCC1. The average molecular weight is 277 g/mol. The quantitative estimate of drug-likeness (QED) is 0.853. The summed E-state index contributed by atoms with van der Waals surface area (Å²) in [4.78, 5) is 0. The van der Waals surface area contributed by atoms with Crippen molar-refractivity contribution in [2.45, 2.75) is 57.2 Å². The van der Waals surface area contributed by atoms with E-state index in [0.29, 0.717) is 4.75 Å². The number of thioether (sulfide) groups is 1. The van der Waals surface area contributed by atoms with Gasteiger partial charge in [0.2, 0.25) is 0 Å². The topological polar surface area (TPSA) is 12.0 Å². The van der Waals surface area contributed by atoms with E-state index in [2.05, 4.69) is 55.4 Å². The standard InChI is InChI=1S/C17H27NS/c1-14-8-7-9-16(15(14)2)12-18-13-17(19-3)10-5-4-6-11-17/h7-9,18H,4-6,10-13H2,1-3H3. The summed E-state index contributed by atoms with van der Waals surface area (Å²) in [5.41, 5.74) is 4.29. The summed E-state index contributed by atoms with van der Waals surface area (Å²) in [5.74, 6) is 0. The van der Waals surface area contributed by atoms with E-state index in [0.717, 1.165) is 13.1 Å². The fourth-order valence-electron chi connectivity index (χ4n) is 3.08. The summed E-state index contributed by atoms with van der Waals surface area (Å²) >= 11 is 2.07. The molecular formula is C17H27NS. The fourth-order valence-corrected chi connectivity index (χ4v) is 4.02. The Bertz CT molecular complexity index is 408. The van der Waals surface area contributed by atoms with Crippen molar-refractivity contribution >= 4 is 11.8 Å². The van der Waals surface area contributed by atoms with E-state index in [4.69, 9.17) is 0 Å². The number of nitrogens with one attached hydrogen (secondary N) is 1. The first-order valence-electron chi connectivity index (χ1n) is 7.48. The van der Waals surface area contributed by atoms with E-state index in [1.165, 1.54) is 48.8 Å². The molecular weight excluding hydrogens is 250 g/mol. The second-order valence-corrected chi connectivity index (χ2v) is 7.18. The molecule has 0 spiro atoms. The van der Waals surface area contributed by atoms with Gasteiger partial charge in [0, 0.05) is 17.8 Å². The largest absolute Gasteiger partial charge is 0.311 e. The van der Waals surface area contributed by atoms with Gasteiger partial charge in [-0.05, 0) is 49.6 Å². The highest BCUT2D eigenvalue weighted by molar-refractivity contribution is 8.00. The molecule has 0 saturated heterocycles. The van der Waals surface area contributed by atoms with Crippen LogP contribution in [0.2, 0.25) is 0 Å². The second-order valence-electron chi connectivity index (χ2n) is 5.91. The van der Waals surface area contributed by atoms with Gasteiger partial charge in [-0.2, -0.15) is 11.8 Å². The minimum atomic E-state index is 0.496. The van der Waals surface area contributed by atoms with Gasteiger partial charge >= 0.3 is 0 Å². The lowest BCUT2D eigenvalue weighted by Crippen LogP contribution is -2.39. The monoisotopic (exact) mass is 277 g/mol. The summed E-state index contributed by atoms with van der Waals surface area (Å²) in [6.45, 7) is 6.60. The van der Waals surface area contributed by atoms with Crippen molar-refractivity contribution < 1.29 is 0 Å². The Morgan fingerprint density at radius 1 is 1.16 bits per heavy atom. The van der Waals surface area contributed by atoms with Gasteiger partial charge < -0.3 is 5.32 Å². The molecule has 2 heteroatoms. The van der Waals surface area contributed by atoms with Crippen LogP contribution in [0.4, 0.5) is 0 Å². The molecule has 0 amide bonds. The van der Waals surface area contributed by atoms with Crippen LogP contribution in [0.25, 0.3) is 0 Å². The van der Waals surface area contributed by atoms with Crippen molar-refractivity contribution in [3.05, 3.63) is 34.9 Å². The van der Waals surface area contributed by atoms with Crippen LogP contribution in [-0.4, -0.2) is 17.5 Å². The smallest absolute Gasteiger partial charge is 0.0281 e. The molecule has 1 saturated carbocycles. The Balaban J connectivity index is 1.90. The first-order valence-corrected chi connectivity index (χ1v) is 8.70. The van der Waals surface area contributed by atoms with Gasteiger partial charge in [0.05, 0.1) is 0 Å². The summed E-state index contributed by atoms with van der Waals surface area (Å²) in [6.07, 6.45) is 9.30. The molecule has 1 nitrogen and oxygen atoms in total. The Labute approximate surface area is 122 Å². The zero-order valence-electron chi connectivity index (χ0n) is 12.6. The normalized spacial score (nSPS) is 18.5. The maximum Gasteiger partial charge on any atom is 0.0281 e. The van der Waals surface area contributed by atoms with Gasteiger partial charge in [-0.3, -0.25) is 0 Å². The molecule has 0 atom stereocenters. The van der Waals surface area contributed by atoms with Crippen LogP contribution in [0.3, 0.4) is 0 Å². The van der Waals surface area contributed by atoms with Crippen LogP contribution in [0, 0.1) is 13.8 Å². The number of benzene rings is 1. The Morgan fingerprint density at radius 2 is 1.89 bits per heavy atom. The number of rotatable bonds is 5. The van der Waals surface area contributed by atoms with Gasteiger partial charge in [0.25, 0.3) is 0 Å². The zero-order chi connectivity index (χ0) is 13.7. The summed E-state index contributed by atoms with van der Waals surface area (Å²) < 4.78 is 0.496. The first-order chi connectivity index (χ1) is 9.17. The van der Waals surface area contributed by atoms with Crippen LogP contribution in [0.5, 0.6) is 0 Å². The maximum atomic E-state index is 3.71. The summed E-state index contributed by atoms with van der Waals surface area (Å²) in [5, 5.41) is 3.71. The molecule has 0 heterocycles. The zero-order valence-corrected chi connectivity index (χ0v) is 13.4. The van der Waals surface area contributed by atoms with Crippen molar-refractivity contribution in [3.8, 4) is 0 Å². The van der Waals surface area contributed by atoms with Crippen LogP contribution in [0.1, 0.15) is 48.8 Å². The highest BCUT2D eigenvalue weighted by Crippen LogP contribution is 2.38. The molecule has 0 aliphatic heterocycles. The van der Waals surface area contributed by atoms with Crippen LogP contribution in [0.15, 0.2) is 18.2 Å². The van der Waals surface area contributed by atoms with Gasteiger partial charge in [0.15, 0.2) is 0 Å². The molecule has 0 radical (unpaired) electrons. The molecule has 1 aliphatic rings. The molecule has 0 bridgehead atoms. The van der Waals surface area contributed by atoms with E-state index >= 15 is 0 Å². The molecule has 19 heavy (non-hydrogen) atoms. The maximum absolute atomic E-state index is 3.71. The third-order valence-corrected chi connectivity index (χ3v) is 6.10. The highest BCUT2D eigenvalue weighted by atomic mass is 32.2. The molecule has 1 fully saturated rings. The van der Waals surface area contributed by atoms with Gasteiger partial charge in [-0.15, -0.1) is 0 Å². The first kappa shape index (κ1) is 14.9. The van der Waals surface area contributed by atoms with Crippen LogP contribution < -0.4 is 5.32 Å². The molecule has 0 aromatic heterocycles. The number of aryl methyl sites for hydroxylation is 1. The van der Waals surface area contributed by atoms with E-state index in [9.17, 15) is 0 Å². The lowest BCUT2D eigenvalue weighted by molar-refractivity contribution is 0.379. The highest BCUT2D eigenvalue weighted by Gasteiger charge is 2.30. The average Bonchev–Trinajstić information content (AvgIpc) is 2.44. The molecule has 1 aromatic rings. The van der Waals surface area contributed by atoms with Crippen LogP contribution >= 0.6 is 11.8 Å². The third kappa shape index (κ3) is 3.76. The van der Waals surface area contributed by atoms with E-state index in [1.807, 2.05) is 0 Å². The lowest BCUT2D eigenvalue weighted by atomic mass is 9.88. The predicted octanol–water partition coefficient (Wildman–Crippen LogP) is 4.46. The van der Waals surface area contributed by atoms with Crippen LogP contribution in [-0.2, 0) is 6.54 Å². The molecule has 106 valence electrons. The second kappa shape index (κ2) is 6.81. The van der Waals surface area contributed by atoms with Gasteiger partial charge in [0.1, 0.15) is 0 Å². The van der Waals surface area contributed by atoms with E-state index < -0.39 is 0 Å². The summed E-state index contributed by atoms with van der Waals surface area (Å²) in [6, 6.07) is 6.62. The Hall–Kier alpha value is -0.470. The Kier molecular flexibility index (Phi) is 5.35. The minimum Gasteiger partial charge on any atom is -0.311 e. The van der Waals surface area contributed by atoms with E-state index in [-0.39, 0.29) is 0 Å². The Morgan fingerprint density at radius 3 is 2.58 bits per heavy atom. The number of hydrogen-bond acceptors (Lipinski definition) is 2. The number of hydrogen-bond donors (Lipinski definition) is 1. The van der Waals surface area contributed by atoms with Crippen molar-refractivity contribution in [2.24, 2.45) is 0 Å². The van der Waals surface area contributed by atoms with Crippen molar-refractivity contribution in [1.82, 2.24) is 5.32 Å². The lowest BCUT2D eigenvalue weighted by Gasteiger charge is -2.36. The molecule has 1 aliphatic carbocycles. The van der Waals surface area contributed by atoms with Gasteiger partial charge in [-0.25, -0.2) is 0 Å². The third-order valence-electron chi connectivity index (χ3n) is 4.68. The molecule has 1 N–H and O–H groups in total. The predicted molar refractivity (Wildman–Crippen MR) is 87.0 cm³/mol.